The van der Waals surface area contributed by atoms with Crippen molar-refractivity contribution >= 4 is 5.97 Å². The Hall–Kier alpha value is -2.21. The third kappa shape index (κ3) is 7.47. The molecule has 1 N–H and O–H groups in total. The normalized spacial score (nSPS) is 13.2. The highest BCUT2D eigenvalue weighted by Gasteiger charge is 2.23. The minimum absolute atomic E-state index is 0.0571. The van der Waals surface area contributed by atoms with E-state index in [2.05, 4.69) is 0 Å². The first-order chi connectivity index (χ1) is 12.1. The van der Waals surface area contributed by atoms with Crippen LogP contribution >= 0.6 is 0 Å². The molecule has 0 saturated carbocycles. The van der Waals surface area contributed by atoms with Crippen molar-refractivity contribution in [2.24, 2.45) is 0 Å². The van der Waals surface area contributed by atoms with Gasteiger partial charge in [0.15, 0.2) is 6.10 Å². The Balaban J connectivity index is 1.77. The fraction of sp³-hybridized carbons (Fsp3) is 0.350. The Morgan fingerprint density at radius 2 is 1.36 bits per heavy atom. The van der Waals surface area contributed by atoms with Crippen LogP contribution in [0.3, 0.4) is 0 Å². The zero-order valence-electron chi connectivity index (χ0n) is 14.3. The minimum Gasteiger partial charge on any atom is -0.457 e. The van der Waals surface area contributed by atoms with E-state index in [9.17, 15) is 9.90 Å². The lowest BCUT2D eigenvalue weighted by Crippen LogP contribution is -2.38. The molecule has 2 rings (SSSR count). The Morgan fingerprint density at radius 1 is 0.880 bits per heavy atom. The van der Waals surface area contributed by atoms with Crippen LogP contribution < -0.4 is 0 Å². The van der Waals surface area contributed by atoms with Gasteiger partial charge in [-0.15, -0.1) is 0 Å². The summed E-state index contributed by atoms with van der Waals surface area (Å²) < 4.78 is 16.2. The second-order valence-corrected chi connectivity index (χ2v) is 5.72. The Labute approximate surface area is 148 Å². The molecule has 0 unspecified atom stereocenters. The fourth-order valence-electron chi connectivity index (χ4n) is 2.28. The topological polar surface area (TPSA) is 65.0 Å². The van der Waals surface area contributed by atoms with E-state index < -0.39 is 18.2 Å². The first kappa shape index (κ1) is 19.1. The number of aliphatic hydroxyl groups excluding tert-OH is 1. The molecule has 5 heteroatoms. The summed E-state index contributed by atoms with van der Waals surface area (Å²) >= 11 is 0. The maximum absolute atomic E-state index is 11.3. The third-order valence-corrected chi connectivity index (χ3v) is 3.54. The lowest BCUT2D eigenvalue weighted by atomic mass is 10.2. The average Bonchev–Trinajstić information content (AvgIpc) is 2.62. The molecular weight excluding hydrogens is 320 g/mol. The van der Waals surface area contributed by atoms with Crippen LogP contribution in [0.1, 0.15) is 18.1 Å². The van der Waals surface area contributed by atoms with Crippen LogP contribution in [0.4, 0.5) is 0 Å². The van der Waals surface area contributed by atoms with Crippen LogP contribution in [0.5, 0.6) is 0 Å². The van der Waals surface area contributed by atoms with Gasteiger partial charge in [0.25, 0.3) is 0 Å². The van der Waals surface area contributed by atoms with Crippen LogP contribution in [-0.2, 0) is 32.2 Å². The Kier molecular flexibility index (Phi) is 8.12. The van der Waals surface area contributed by atoms with Gasteiger partial charge in [-0.25, -0.2) is 0 Å². The number of hydrogen-bond donors (Lipinski definition) is 1. The van der Waals surface area contributed by atoms with Crippen LogP contribution in [-0.4, -0.2) is 36.5 Å². The Bertz CT molecular complexity index is 614. The summed E-state index contributed by atoms with van der Waals surface area (Å²) in [6.45, 7) is 2.24. The van der Waals surface area contributed by atoms with Crippen molar-refractivity contribution < 1.29 is 24.1 Å². The number of hydrogen-bond acceptors (Lipinski definition) is 5. The molecule has 0 aliphatic carbocycles. The molecule has 2 atom stereocenters. The number of benzene rings is 2. The maximum atomic E-state index is 11.3. The molecule has 0 aliphatic heterocycles. The van der Waals surface area contributed by atoms with Gasteiger partial charge >= 0.3 is 5.97 Å². The van der Waals surface area contributed by atoms with Gasteiger partial charge in [0.05, 0.1) is 26.4 Å². The molecule has 5 nitrogen and oxygen atoms in total. The molecular formula is C20H24O5. The van der Waals surface area contributed by atoms with E-state index in [1.807, 2.05) is 60.7 Å². The summed E-state index contributed by atoms with van der Waals surface area (Å²) in [5.74, 6) is -0.463. The van der Waals surface area contributed by atoms with Crippen LogP contribution in [0.15, 0.2) is 60.7 Å². The maximum Gasteiger partial charge on any atom is 0.303 e. The molecule has 0 amide bonds. The summed E-state index contributed by atoms with van der Waals surface area (Å²) in [6.07, 6.45) is -1.72. The van der Waals surface area contributed by atoms with Crippen LogP contribution in [0.25, 0.3) is 0 Å². The van der Waals surface area contributed by atoms with Gasteiger partial charge in [0, 0.05) is 6.92 Å². The predicted octanol–water partition coefficient (Wildman–Crippen LogP) is 2.71. The lowest BCUT2D eigenvalue weighted by Gasteiger charge is -2.22. The summed E-state index contributed by atoms with van der Waals surface area (Å²) in [5.41, 5.74) is 2.03. The van der Waals surface area contributed by atoms with E-state index in [4.69, 9.17) is 14.2 Å². The monoisotopic (exact) mass is 344 g/mol. The molecule has 0 fully saturated rings. The van der Waals surface area contributed by atoms with Gasteiger partial charge in [0.2, 0.25) is 0 Å². The Morgan fingerprint density at radius 3 is 1.84 bits per heavy atom. The molecule has 0 saturated heterocycles. The van der Waals surface area contributed by atoms with E-state index in [1.165, 1.54) is 6.92 Å². The summed E-state index contributed by atoms with van der Waals surface area (Å²) in [6, 6.07) is 19.3. The summed E-state index contributed by atoms with van der Waals surface area (Å²) in [4.78, 5) is 11.3. The van der Waals surface area contributed by atoms with E-state index in [0.717, 1.165) is 11.1 Å². The van der Waals surface area contributed by atoms with Gasteiger partial charge in [-0.05, 0) is 11.1 Å². The highest BCUT2D eigenvalue weighted by Crippen LogP contribution is 2.08. The minimum atomic E-state index is -0.955. The fourth-order valence-corrected chi connectivity index (χ4v) is 2.28. The second kappa shape index (κ2) is 10.6. The molecule has 0 bridgehead atoms. The van der Waals surface area contributed by atoms with Crippen molar-refractivity contribution in [1.29, 1.82) is 0 Å². The highest BCUT2D eigenvalue weighted by atomic mass is 16.6. The standard InChI is InChI=1S/C20H24O5/c1-16(21)25-20(15-24-13-18-10-6-3-7-11-18)19(22)14-23-12-17-8-4-2-5-9-17/h2-11,19-20,22H,12-15H2,1H3/t19-,20+/m1/s1. The summed E-state index contributed by atoms with van der Waals surface area (Å²) in [7, 11) is 0. The largest absolute Gasteiger partial charge is 0.457 e. The second-order valence-electron chi connectivity index (χ2n) is 5.72. The van der Waals surface area contributed by atoms with Gasteiger partial charge < -0.3 is 19.3 Å². The van der Waals surface area contributed by atoms with Gasteiger partial charge in [0.1, 0.15) is 6.10 Å². The smallest absolute Gasteiger partial charge is 0.303 e. The number of ether oxygens (including phenoxy) is 3. The third-order valence-electron chi connectivity index (χ3n) is 3.54. The van der Waals surface area contributed by atoms with Crippen LogP contribution in [0.2, 0.25) is 0 Å². The van der Waals surface area contributed by atoms with Crippen LogP contribution in [0, 0.1) is 0 Å². The molecule has 2 aromatic carbocycles. The van der Waals surface area contributed by atoms with Crippen molar-refractivity contribution in [2.75, 3.05) is 13.2 Å². The number of rotatable bonds is 10. The number of carbonyl (C=O) groups is 1. The highest BCUT2D eigenvalue weighted by molar-refractivity contribution is 5.66. The number of carbonyl (C=O) groups excluding carboxylic acids is 1. The zero-order valence-corrected chi connectivity index (χ0v) is 14.3. The average molecular weight is 344 g/mol. The molecule has 0 aromatic heterocycles. The molecule has 0 aliphatic rings. The lowest BCUT2D eigenvalue weighted by molar-refractivity contribution is -0.161. The van der Waals surface area contributed by atoms with Crippen molar-refractivity contribution in [3.05, 3.63) is 71.8 Å². The van der Waals surface area contributed by atoms with Gasteiger partial charge in [-0.1, -0.05) is 60.7 Å². The molecule has 134 valence electrons. The molecule has 25 heavy (non-hydrogen) atoms. The first-order valence-electron chi connectivity index (χ1n) is 8.24. The van der Waals surface area contributed by atoms with Crippen molar-refractivity contribution in [1.82, 2.24) is 0 Å². The van der Waals surface area contributed by atoms with E-state index in [-0.39, 0.29) is 13.2 Å². The number of aliphatic hydroxyl groups is 1. The zero-order chi connectivity index (χ0) is 17.9. The SMILES string of the molecule is CC(=O)O[C@@H](COCc1ccccc1)[C@H](O)COCc1ccccc1. The van der Waals surface area contributed by atoms with Gasteiger partial charge in [-0.3, -0.25) is 4.79 Å². The molecule has 0 heterocycles. The van der Waals surface area contributed by atoms with Gasteiger partial charge in [-0.2, -0.15) is 0 Å². The predicted molar refractivity (Wildman–Crippen MR) is 93.8 cm³/mol. The van der Waals surface area contributed by atoms with Crippen molar-refractivity contribution in [3.8, 4) is 0 Å². The van der Waals surface area contributed by atoms with E-state index in [1.54, 1.807) is 0 Å². The van der Waals surface area contributed by atoms with E-state index in [0.29, 0.717) is 13.2 Å². The first-order valence-corrected chi connectivity index (χ1v) is 8.24. The summed E-state index contributed by atoms with van der Waals surface area (Å²) in [5, 5.41) is 10.3. The van der Waals surface area contributed by atoms with E-state index >= 15 is 0 Å². The van der Waals surface area contributed by atoms with Crippen molar-refractivity contribution in [3.63, 3.8) is 0 Å². The number of esters is 1. The quantitative estimate of drug-likeness (QED) is 0.672. The molecule has 0 radical (unpaired) electrons. The van der Waals surface area contributed by atoms with Crippen molar-refractivity contribution in [2.45, 2.75) is 32.3 Å². The molecule has 2 aromatic rings. The molecule has 0 spiro atoms.